The molecule has 1 atom stereocenters. The number of carbonyl (C=O) groups is 2. The van der Waals surface area contributed by atoms with Gasteiger partial charge >= 0.3 is 5.97 Å². The number of aryl methyl sites for hydroxylation is 1. The zero-order valence-corrected chi connectivity index (χ0v) is 14.1. The van der Waals surface area contributed by atoms with Gasteiger partial charge in [0, 0.05) is 11.6 Å². The maximum atomic E-state index is 11.9. The summed E-state index contributed by atoms with van der Waals surface area (Å²) >= 11 is 3.32. The van der Waals surface area contributed by atoms with Gasteiger partial charge in [0.25, 0.3) is 5.91 Å². The van der Waals surface area contributed by atoms with Crippen molar-refractivity contribution >= 4 is 27.8 Å². The maximum Gasteiger partial charge on any atom is 0.325 e. The van der Waals surface area contributed by atoms with Crippen LogP contribution in [0.4, 0.5) is 0 Å². The predicted molar refractivity (Wildman–Crippen MR) is 84.3 cm³/mol. The number of aliphatic carboxylic acids is 1. The minimum Gasteiger partial charge on any atom is -0.486 e. The third kappa shape index (κ3) is 4.56. The van der Waals surface area contributed by atoms with Crippen molar-refractivity contribution in [1.82, 2.24) is 10.5 Å². The average Bonchev–Trinajstić information content (AvgIpc) is 2.91. The van der Waals surface area contributed by atoms with Crippen LogP contribution >= 0.6 is 15.9 Å². The number of ether oxygens (including phenoxy) is 1. The second-order valence-electron chi connectivity index (χ2n) is 4.90. The van der Waals surface area contributed by atoms with Gasteiger partial charge in [-0.3, -0.25) is 9.59 Å². The van der Waals surface area contributed by atoms with Gasteiger partial charge in [-0.25, -0.2) is 0 Å². The number of amides is 1. The first-order valence-electron chi connectivity index (χ1n) is 6.75. The summed E-state index contributed by atoms with van der Waals surface area (Å²) in [5.74, 6) is -0.338. The Kier molecular flexibility index (Phi) is 5.38. The van der Waals surface area contributed by atoms with Gasteiger partial charge in [0.15, 0.2) is 0 Å². The average molecular weight is 383 g/mol. The van der Waals surface area contributed by atoms with Crippen molar-refractivity contribution in [2.75, 3.05) is 0 Å². The van der Waals surface area contributed by atoms with Gasteiger partial charge in [0.2, 0.25) is 0 Å². The Balaban J connectivity index is 2.02. The van der Waals surface area contributed by atoms with Crippen LogP contribution in [0.1, 0.15) is 28.7 Å². The molecule has 0 aliphatic carbocycles. The normalized spacial score (nSPS) is 11.8. The number of nitrogens with one attached hydrogen (secondary N) is 1. The molecule has 0 spiro atoms. The number of halogens is 1. The van der Waals surface area contributed by atoms with Gasteiger partial charge in [0.05, 0.1) is 4.47 Å². The minimum absolute atomic E-state index is 0.234. The molecule has 1 aromatic carbocycles. The predicted octanol–water partition coefficient (Wildman–Crippen LogP) is 2.53. The van der Waals surface area contributed by atoms with Crippen molar-refractivity contribution in [3.05, 3.63) is 45.8 Å². The molecular formula is C15H15BrN2O5. The van der Waals surface area contributed by atoms with Crippen LogP contribution in [-0.4, -0.2) is 28.2 Å². The van der Waals surface area contributed by atoms with Gasteiger partial charge in [-0.05, 0) is 48.0 Å². The summed E-state index contributed by atoms with van der Waals surface area (Å²) in [5, 5.41) is 15.0. The van der Waals surface area contributed by atoms with E-state index in [0.29, 0.717) is 27.2 Å². The molecule has 7 nitrogen and oxygen atoms in total. The molecule has 0 saturated heterocycles. The highest BCUT2D eigenvalue weighted by Crippen LogP contribution is 2.27. The molecule has 2 aromatic rings. The SMILES string of the molecule is Cc1cc(COc2ccc(C(=O)NC(C)C(=O)O)cc2Br)no1. The molecule has 0 radical (unpaired) electrons. The fourth-order valence-corrected chi connectivity index (χ4v) is 2.23. The topological polar surface area (TPSA) is 102 Å². The summed E-state index contributed by atoms with van der Waals surface area (Å²) in [7, 11) is 0. The van der Waals surface area contributed by atoms with E-state index < -0.39 is 17.9 Å². The van der Waals surface area contributed by atoms with E-state index in [9.17, 15) is 9.59 Å². The summed E-state index contributed by atoms with van der Waals surface area (Å²) in [6.45, 7) is 3.42. The van der Waals surface area contributed by atoms with Crippen molar-refractivity contribution < 1.29 is 24.0 Å². The Morgan fingerprint density at radius 2 is 2.17 bits per heavy atom. The number of rotatable bonds is 6. The van der Waals surface area contributed by atoms with Gasteiger partial charge in [-0.1, -0.05) is 5.16 Å². The Bertz CT molecular complexity index is 728. The number of aromatic nitrogens is 1. The molecule has 122 valence electrons. The lowest BCUT2D eigenvalue weighted by atomic mass is 10.2. The number of benzene rings is 1. The summed E-state index contributed by atoms with van der Waals surface area (Å²) in [5.41, 5.74) is 0.987. The van der Waals surface area contributed by atoms with Crippen molar-refractivity contribution in [3.8, 4) is 5.75 Å². The van der Waals surface area contributed by atoms with Gasteiger partial charge in [0.1, 0.15) is 29.9 Å². The Hall–Kier alpha value is -2.35. The third-order valence-corrected chi connectivity index (χ3v) is 3.58. The van der Waals surface area contributed by atoms with Gasteiger partial charge in [-0.2, -0.15) is 0 Å². The molecule has 1 unspecified atom stereocenters. The van der Waals surface area contributed by atoms with E-state index in [2.05, 4.69) is 26.4 Å². The summed E-state index contributed by atoms with van der Waals surface area (Å²) < 4.78 is 11.1. The van der Waals surface area contributed by atoms with E-state index in [0.717, 1.165) is 0 Å². The van der Waals surface area contributed by atoms with Gasteiger partial charge < -0.3 is 19.7 Å². The van der Waals surface area contributed by atoms with Crippen LogP contribution in [0.15, 0.2) is 33.3 Å². The minimum atomic E-state index is -1.10. The van der Waals surface area contributed by atoms with Crippen LogP contribution in [0.2, 0.25) is 0 Å². The smallest absolute Gasteiger partial charge is 0.325 e. The lowest BCUT2D eigenvalue weighted by molar-refractivity contribution is -0.138. The quantitative estimate of drug-likeness (QED) is 0.795. The van der Waals surface area contributed by atoms with Gasteiger partial charge in [-0.15, -0.1) is 0 Å². The summed E-state index contributed by atoms with van der Waals surface area (Å²) in [6.07, 6.45) is 0. The molecule has 0 saturated carbocycles. The summed E-state index contributed by atoms with van der Waals surface area (Å²) in [6, 6.07) is 5.54. The monoisotopic (exact) mass is 382 g/mol. The highest BCUT2D eigenvalue weighted by molar-refractivity contribution is 9.10. The molecule has 1 aromatic heterocycles. The zero-order chi connectivity index (χ0) is 17.0. The van der Waals surface area contributed by atoms with Crippen molar-refractivity contribution in [1.29, 1.82) is 0 Å². The fourth-order valence-electron chi connectivity index (χ4n) is 1.74. The first-order valence-corrected chi connectivity index (χ1v) is 7.54. The van der Waals surface area contributed by atoms with E-state index in [1.54, 1.807) is 31.2 Å². The van der Waals surface area contributed by atoms with Crippen molar-refractivity contribution in [2.24, 2.45) is 0 Å². The molecule has 2 N–H and O–H groups in total. The van der Waals surface area contributed by atoms with Crippen LogP contribution in [-0.2, 0) is 11.4 Å². The first kappa shape index (κ1) is 17.0. The number of nitrogens with zero attached hydrogens (tertiary/aromatic N) is 1. The van der Waals surface area contributed by atoms with Crippen LogP contribution in [0.25, 0.3) is 0 Å². The maximum absolute atomic E-state index is 11.9. The van der Waals surface area contributed by atoms with E-state index >= 15 is 0 Å². The third-order valence-electron chi connectivity index (χ3n) is 2.96. The van der Waals surface area contributed by atoms with Crippen LogP contribution in [0.3, 0.4) is 0 Å². The highest BCUT2D eigenvalue weighted by atomic mass is 79.9. The zero-order valence-electron chi connectivity index (χ0n) is 12.5. The lowest BCUT2D eigenvalue weighted by Crippen LogP contribution is -2.38. The van der Waals surface area contributed by atoms with E-state index in [1.807, 2.05) is 0 Å². The highest BCUT2D eigenvalue weighted by Gasteiger charge is 2.16. The molecule has 8 heteroatoms. The molecule has 0 bridgehead atoms. The second-order valence-corrected chi connectivity index (χ2v) is 5.75. The molecular weight excluding hydrogens is 368 g/mol. The van der Waals surface area contributed by atoms with Crippen LogP contribution < -0.4 is 10.1 Å². The van der Waals surface area contributed by atoms with Crippen molar-refractivity contribution in [3.63, 3.8) is 0 Å². The number of hydrogen-bond acceptors (Lipinski definition) is 5. The molecule has 0 aliphatic heterocycles. The molecule has 1 amide bonds. The second kappa shape index (κ2) is 7.28. The largest absolute Gasteiger partial charge is 0.486 e. The summed E-state index contributed by atoms with van der Waals surface area (Å²) in [4.78, 5) is 22.7. The Morgan fingerprint density at radius 3 is 2.74 bits per heavy atom. The molecule has 1 heterocycles. The van der Waals surface area contributed by atoms with E-state index in [-0.39, 0.29) is 6.61 Å². The first-order chi connectivity index (χ1) is 10.9. The number of carbonyl (C=O) groups excluding carboxylic acids is 1. The lowest BCUT2D eigenvalue weighted by Gasteiger charge is -2.11. The van der Waals surface area contributed by atoms with Crippen LogP contribution in [0, 0.1) is 6.92 Å². The Labute approximate surface area is 140 Å². The molecule has 2 rings (SSSR count). The molecule has 0 aliphatic rings. The number of hydrogen-bond donors (Lipinski definition) is 2. The number of carboxylic acids is 1. The number of carboxylic acid groups (broad SMARTS) is 1. The van der Waals surface area contributed by atoms with Crippen LogP contribution in [0.5, 0.6) is 5.75 Å². The molecule has 0 fully saturated rings. The van der Waals surface area contributed by atoms with E-state index in [4.69, 9.17) is 14.4 Å². The fraction of sp³-hybridized carbons (Fsp3) is 0.267. The van der Waals surface area contributed by atoms with E-state index in [1.165, 1.54) is 6.92 Å². The molecule has 23 heavy (non-hydrogen) atoms. The standard InChI is InChI=1S/C15H15BrN2O5/c1-8-5-11(18-23-8)7-22-13-4-3-10(6-12(13)16)14(19)17-9(2)15(20)21/h3-6,9H,7H2,1-2H3,(H,17,19)(H,20,21). The Morgan fingerprint density at radius 1 is 1.43 bits per heavy atom. The van der Waals surface area contributed by atoms with Crippen molar-refractivity contribution in [2.45, 2.75) is 26.5 Å².